The van der Waals surface area contributed by atoms with E-state index in [2.05, 4.69) is 37.4 Å². The normalized spacial score (nSPS) is 23.8. The van der Waals surface area contributed by atoms with Gasteiger partial charge in [0.2, 0.25) is 5.91 Å². The first-order chi connectivity index (χ1) is 9.13. The Labute approximate surface area is 115 Å². The number of piperidine rings is 1. The zero-order valence-electron chi connectivity index (χ0n) is 11.8. The van der Waals surface area contributed by atoms with Crippen molar-refractivity contribution in [1.82, 2.24) is 5.32 Å². The number of carbonyl (C=O) groups is 1. The van der Waals surface area contributed by atoms with Gasteiger partial charge in [0.15, 0.2) is 0 Å². The molecule has 3 nitrogen and oxygen atoms in total. The molecule has 2 aliphatic rings. The van der Waals surface area contributed by atoms with Gasteiger partial charge < -0.3 is 10.2 Å². The van der Waals surface area contributed by atoms with Gasteiger partial charge in [-0.1, -0.05) is 6.07 Å². The molecule has 1 unspecified atom stereocenters. The van der Waals surface area contributed by atoms with Crippen molar-refractivity contribution in [3.63, 3.8) is 0 Å². The van der Waals surface area contributed by atoms with Crippen molar-refractivity contribution in [3.05, 3.63) is 29.3 Å². The molecule has 0 spiro atoms. The molecule has 1 N–H and O–H groups in total. The number of carbonyl (C=O) groups excluding carboxylic acids is 1. The molecule has 1 saturated carbocycles. The van der Waals surface area contributed by atoms with Gasteiger partial charge in [0.25, 0.3) is 0 Å². The minimum atomic E-state index is 0.0297. The van der Waals surface area contributed by atoms with Crippen LogP contribution in [0.3, 0.4) is 0 Å². The van der Waals surface area contributed by atoms with Crippen molar-refractivity contribution in [3.8, 4) is 0 Å². The summed E-state index contributed by atoms with van der Waals surface area (Å²) in [7, 11) is 0. The molecule has 0 radical (unpaired) electrons. The van der Waals surface area contributed by atoms with Gasteiger partial charge in [-0.25, -0.2) is 0 Å². The van der Waals surface area contributed by atoms with Crippen molar-refractivity contribution >= 4 is 11.6 Å². The van der Waals surface area contributed by atoms with Crippen LogP contribution >= 0.6 is 0 Å². The van der Waals surface area contributed by atoms with E-state index in [1.807, 2.05) is 4.90 Å². The average Bonchev–Trinajstić information content (AvgIpc) is 3.14. The van der Waals surface area contributed by atoms with E-state index in [4.69, 9.17) is 0 Å². The van der Waals surface area contributed by atoms with Crippen molar-refractivity contribution in [2.45, 2.75) is 51.6 Å². The van der Waals surface area contributed by atoms with Gasteiger partial charge in [0, 0.05) is 18.3 Å². The second-order valence-corrected chi connectivity index (χ2v) is 5.97. The van der Waals surface area contributed by atoms with E-state index in [1.54, 1.807) is 0 Å². The van der Waals surface area contributed by atoms with E-state index in [9.17, 15) is 4.79 Å². The molecular weight excluding hydrogens is 236 g/mol. The molecule has 1 aromatic carbocycles. The monoisotopic (exact) mass is 258 g/mol. The predicted molar refractivity (Wildman–Crippen MR) is 77.4 cm³/mol. The van der Waals surface area contributed by atoms with E-state index in [1.165, 1.54) is 24.0 Å². The predicted octanol–water partition coefficient (Wildman–Crippen LogP) is 2.55. The SMILES string of the molecule is Cc1cc(C)cc(N2CCCC(NC3CC3)C2=O)c1. The van der Waals surface area contributed by atoms with E-state index in [0.717, 1.165) is 25.1 Å². The maximum absolute atomic E-state index is 12.6. The molecule has 1 heterocycles. The molecular formula is C16H22N2O. The Balaban J connectivity index is 1.80. The minimum absolute atomic E-state index is 0.0297. The van der Waals surface area contributed by atoms with Gasteiger partial charge in [-0.3, -0.25) is 4.79 Å². The number of benzene rings is 1. The number of nitrogens with zero attached hydrogens (tertiary/aromatic N) is 1. The van der Waals surface area contributed by atoms with Crippen LogP contribution in [-0.4, -0.2) is 24.5 Å². The largest absolute Gasteiger partial charge is 0.311 e. The third-order valence-electron chi connectivity index (χ3n) is 3.97. The summed E-state index contributed by atoms with van der Waals surface area (Å²) in [6, 6.07) is 7.00. The molecule has 1 saturated heterocycles. The van der Waals surface area contributed by atoms with E-state index in [0.29, 0.717) is 6.04 Å². The fraction of sp³-hybridized carbons (Fsp3) is 0.562. The highest BCUT2D eigenvalue weighted by Gasteiger charge is 2.33. The average molecular weight is 258 g/mol. The van der Waals surface area contributed by atoms with Crippen molar-refractivity contribution in [1.29, 1.82) is 0 Å². The molecule has 0 aromatic heterocycles. The zero-order valence-corrected chi connectivity index (χ0v) is 11.8. The first kappa shape index (κ1) is 12.7. The Morgan fingerprint density at radius 2 is 1.79 bits per heavy atom. The lowest BCUT2D eigenvalue weighted by atomic mass is 10.0. The topological polar surface area (TPSA) is 32.3 Å². The van der Waals surface area contributed by atoms with Crippen molar-refractivity contribution < 1.29 is 4.79 Å². The fourth-order valence-corrected chi connectivity index (χ4v) is 2.93. The molecule has 1 aliphatic heterocycles. The van der Waals surface area contributed by atoms with Crippen LogP contribution in [-0.2, 0) is 4.79 Å². The van der Waals surface area contributed by atoms with Crippen LogP contribution < -0.4 is 10.2 Å². The minimum Gasteiger partial charge on any atom is -0.311 e. The highest BCUT2D eigenvalue weighted by atomic mass is 16.2. The van der Waals surface area contributed by atoms with Gasteiger partial charge in [-0.15, -0.1) is 0 Å². The summed E-state index contributed by atoms with van der Waals surface area (Å²) in [5.74, 6) is 0.253. The summed E-state index contributed by atoms with van der Waals surface area (Å²) in [6.07, 6.45) is 4.53. The molecule has 1 amide bonds. The molecule has 1 atom stereocenters. The number of hydrogen-bond acceptors (Lipinski definition) is 2. The summed E-state index contributed by atoms with van der Waals surface area (Å²) in [5, 5.41) is 3.48. The van der Waals surface area contributed by atoms with Gasteiger partial charge in [0.1, 0.15) is 0 Å². The van der Waals surface area contributed by atoms with Crippen LogP contribution in [0, 0.1) is 13.8 Å². The number of aryl methyl sites for hydroxylation is 2. The number of anilines is 1. The van der Waals surface area contributed by atoms with Crippen LogP contribution in [0.2, 0.25) is 0 Å². The number of rotatable bonds is 3. The third-order valence-corrected chi connectivity index (χ3v) is 3.97. The fourth-order valence-electron chi connectivity index (χ4n) is 2.93. The van der Waals surface area contributed by atoms with Crippen molar-refractivity contribution in [2.75, 3.05) is 11.4 Å². The first-order valence-corrected chi connectivity index (χ1v) is 7.29. The summed E-state index contributed by atoms with van der Waals surface area (Å²) in [6.45, 7) is 5.03. The quantitative estimate of drug-likeness (QED) is 0.903. The van der Waals surface area contributed by atoms with E-state index < -0.39 is 0 Å². The smallest absolute Gasteiger partial charge is 0.244 e. The van der Waals surface area contributed by atoms with Crippen LogP contribution in [0.15, 0.2) is 18.2 Å². The molecule has 3 rings (SSSR count). The molecule has 2 fully saturated rings. The Hall–Kier alpha value is -1.35. The zero-order chi connectivity index (χ0) is 13.4. The van der Waals surface area contributed by atoms with Crippen LogP contribution in [0.1, 0.15) is 36.8 Å². The van der Waals surface area contributed by atoms with E-state index >= 15 is 0 Å². The maximum Gasteiger partial charge on any atom is 0.244 e. The third kappa shape index (κ3) is 2.81. The number of amides is 1. The summed E-state index contributed by atoms with van der Waals surface area (Å²) in [4.78, 5) is 14.5. The number of nitrogens with one attached hydrogen (secondary N) is 1. The van der Waals surface area contributed by atoms with Crippen LogP contribution in [0.4, 0.5) is 5.69 Å². The Kier molecular flexibility index (Phi) is 3.31. The standard InChI is InChI=1S/C16H22N2O/c1-11-8-12(2)10-14(9-11)18-7-3-4-15(16(18)19)17-13-5-6-13/h8-10,13,15,17H,3-7H2,1-2H3. The second kappa shape index (κ2) is 4.97. The second-order valence-electron chi connectivity index (χ2n) is 5.97. The van der Waals surface area contributed by atoms with E-state index in [-0.39, 0.29) is 11.9 Å². The molecule has 19 heavy (non-hydrogen) atoms. The molecule has 1 aliphatic carbocycles. The lowest BCUT2D eigenvalue weighted by Gasteiger charge is -2.33. The van der Waals surface area contributed by atoms with Crippen LogP contribution in [0.5, 0.6) is 0 Å². The van der Waals surface area contributed by atoms with Gasteiger partial charge in [-0.2, -0.15) is 0 Å². The molecule has 1 aromatic rings. The van der Waals surface area contributed by atoms with Crippen LogP contribution in [0.25, 0.3) is 0 Å². The Bertz CT molecular complexity index is 473. The highest BCUT2D eigenvalue weighted by Crippen LogP contribution is 2.26. The lowest BCUT2D eigenvalue weighted by molar-refractivity contribution is -0.121. The summed E-state index contributed by atoms with van der Waals surface area (Å²) in [5.41, 5.74) is 3.50. The Morgan fingerprint density at radius 3 is 2.42 bits per heavy atom. The van der Waals surface area contributed by atoms with Crippen molar-refractivity contribution in [2.24, 2.45) is 0 Å². The van der Waals surface area contributed by atoms with Gasteiger partial charge >= 0.3 is 0 Å². The highest BCUT2D eigenvalue weighted by molar-refractivity contribution is 5.98. The maximum atomic E-state index is 12.6. The first-order valence-electron chi connectivity index (χ1n) is 7.29. The summed E-state index contributed by atoms with van der Waals surface area (Å²) >= 11 is 0. The van der Waals surface area contributed by atoms with Gasteiger partial charge in [0.05, 0.1) is 6.04 Å². The molecule has 0 bridgehead atoms. The molecule has 3 heteroatoms. The molecule has 102 valence electrons. The lowest BCUT2D eigenvalue weighted by Crippen LogP contribution is -2.51. The Morgan fingerprint density at radius 1 is 1.11 bits per heavy atom. The number of hydrogen-bond donors (Lipinski definition) is 1. The van der Waals surface area contributed by atoms with Gasteiger partial charge in [-0.05, 0) is 62.8 Å². The summed E-state index contributed by atoms with van der Waals surface area (Å²) < 4.78 is 0.